The van der Waals surface area contributed by atoms with Crippen LogP contribution in [-0.4, -0.2) is 81.5 Å². The van der Waals surface area contributed by atoms with Gasteiger partial charge in [0.2, 0.25) is 10.0 Å². The highest BCUT2D eigenvalue weighted by molar-refractivity contribution is 7.89. The summed E-state index contributed by atoms with van der Waals surface area (Å²) in [7, 11) is -3.23. The molecule has 6 nitrogen and oxygen atoms in total. The van der Waals surface area contributed by atoms with Gasteiger partial charge in [0, 0.05) is 19.7 Å². The van der Waals surface area contributed by atoms with E-state index >= 15 is 0 Å². The second kappa shape index (κ2) is 5.88. The summed E-state index contributed by atoms with van der Waals surface area (Å²) in [5.41, 5.74) is -0.442. The van der Waals surface area contributed by atoms with E-state index in [2.05, 4.69) is 4.90 Å². The standard InChI is InChI=1S/C13H24N2O4S/c16-20(17,10-7-14-4-1-2-5-14)15-6-9-19-12-13(15)3-8-18-11-13/h1-12H2. The minimum Gasteiger partial charge on any atom is -0.379 e. The van der Waals surface area contributed by atoms with Gasteiger partial charge in [-0.1, -0.05) is 0 Å². The molecule has 0 aromatic carbocycles. The molecule has 0 aromatic heterocycles. The first-order valence-electron chi connectivity index (χ1n) is 7.51. The number of hydrogen-bond acceptors (Lipinski definition) is 5. The van der Waals surface area contributed by atoms with Crippen molar-refractivity contribution in [3.05, 3.63) is 0 Å². The van der Waals surface area contributed by atoms with E-state index in [1.54, 1.807) is 4.31 Å². The summed E-state index contributed by atoms with van der Waals surface area (Å²) < 4.78 is 38.0. The molecule has 1 atom stereocenters. The third-order valence-corrected chi connectivity index (χ3v) is 6.56. The lowest BCUT2D eigenvalue weighted by molar-refractivity contribution is -0.0293. The van der Waals surface area contributed by atoms with Crippen molar-refractivity contribution in [1.82, 2.24) is 9.21 Å². The minimum atomic E-state index is -3.23. The van der Waals surface area contributed by atoms with Crippen LogP contribution in [-0.2, 0) is 19.5 Å². The van der Waals surface area contributed by atoms with Crippen LogP contribution in [0.2, 0.25) is 0 Å². The van der Waals surface area contributed by atoms with Gasteiger partial charge in [-0.15, -0.1) is 0 Å². The SMILES string of the molecule is O=S(=O)(CCN1CCCC1)N1CCOCC12CCOC2. The summed E-state index contributed by atoms with van der Waals surface area (Å²) in [6.45, 7) is 5.24. The molecule has 1 spiro atoms. The first-order chi connectivity index (χ1) is 9.62. The Kier molecular flexibility index (Phi) is 4.33. The van der Waals surface area contributed by atoms with Crippen LogP contribution >= 0.6 is 0 Å². The zero-order valence-corrected chi connectivity index (χ0v) is 12.7. The van der Waals surface area contributed by atoms with Crippen molar-refractivity contribution in [1.29, 1.82) is 0 Å². The molecule has 3 rings (SSSR count). The maximum Gasteiger partial charge on any atom is 0.216 e. The maximum atomic E-state index is 12.7. The van der Waals surface area contributed by atoms with E-state index in [1.165, 1.54) is 12.8 Å². The van der Waals surface area contributed by atoms with Gasteiger partial charge in [0.25, 0.3) is 0 Å². The molecular formula is C13H24N2O4S. The van der Waals surface area contributed by atoms with Crippen molar-refractivity contribution in [2.24, 2.45) is 0 Å². The second-order valence-electron chi connectivity index (χ2n) is 6.02. The number of morpholine rings is 1. The molecular weight excluding hydrogens is 280 g/mol. The molecule has 0 aromatic rings. The number of sulfonamides is 1. The van der Waals surface area contributed by atoms with Crippen molar-refractivity contribution in [2.75, 3.05) is 58.4 Å². The maximum absolute atomic E-state index is 12.7. The van der Waals surface area contributed by atoms with Crippen LogP contribution in [0.15, 0.2) is 0 Å². The van der Waals surface area contributed by atoms with Crippen molar-refractivity contribution < 1.29 is 17.9 Å². The Labute approximate surface area is 121 Å². The molecule has 3 fully saturated rings. The van der Waals surface area contributed by atoms with E-state index in [1.807, 2.05) is 0 Å². The fraction of sp³-hybridized carbons (Fsp3) is 1.00. The topological polar surface area (TPSA) is 59.1 Å². The average Bonchev–Trinajstić information content (AvgIpc) is 3.09. The number of ether oxygens (including phenoxy) is 2. The first-order valence-corrected chi connectivity index (χ1v) is 9.12. The molecule has 0 bridgehead atoms. The van der Waals surface area contributed by atoms with E-state index in [9.17, 15) is 8.42 Å². The highest BCUT2D eigenvalue weighted by atomic mass is 32.2. The van der Waals surface area contributed by atoms with Gasteiger partial charge in [0.05, 0.1) is 31.1 Å². The van der Waals surface area contributed by atoms with Crippen LogP contribution < -0.4 is 0 Å². The Bertz CT molecular complexity index is 428. The summed E-state index contributed by atoms with van der Waals surface area (Å²) in [6, 6.07) is 0. The Balaban J connectivity index is 1.67. The van der Waals surface area contributed by atoms with Crippen molar-refractivity contribution in [2.45, 2.75) is 24.8 Å². The van der Waals surface area contributed by atoms with E-state index in [-0.39, 0.29) is 5.75 Å². The molecule has 3 heterocycles. The molecule has 0 saturated carbocycles. The van der Waals surface area contributed by atoms with Crippen LogP contribution in [0.1, 0.15) is 19.3 Å². The van der Waals surface area contributed by atoms with Gasteiger partial charge in [0.15, 0.2) is 0 Å². The molecule has 7 heteroatoms. The Morgan fingerprint density at radius 3 is 2.35 bits per heavy atom. The van der Waals surface area contributed by atoms with Crippen molar-refractivity contribution in [3.8, 4) is 0 Å². The third kappa shape index (κ3) is 2.87. The number of likely N-dealkylation sites (tertiary alicyclic amines) is 1. The van der Waals surface area contributed by atoms with Gasteiger partial charge < -0.3 is 14.4 Å². The second-order valence-corrected chi connectivity index (χ2v) is 8.03. The molecule has 1 unspecified atom stereocenters. The summed E-state index contributed by atoms with van der Waals surface area (Å²) in [6.07, 6.45) is 3.13. The van der Waals surface area contributed by atoms with Gasteiger partial charge in [-0.25, -0.2) is 8.42 Å². The predicted molar refractivity (Wildman–Crippen MR) is 75.2 cm³/mol. The molecule has 3 aliphatic rings. The van der Waals surface area contributed by atoms with Gasteiger partial charge in [-0.3, -0.25) is 0 Å². The van der Waals surface area contributed by atoms with Gasteiger partial charge in [0.1, 0.15) is 0 Å². The molecule has 0 N–H and O–H groups in total. The smallest absolute Gasteiger partial charge is 0.216 e. The van der Waals surface area contributed by atoms with Gasteiger partial charge >= 0.3 is 0 Å². The van der Waals surface area contributed by atoms with E-state index < -0.39 is 15.6 Å². The van der Waals surface area contributed by atoms with Crippen LogP contribution in [0.3, 0.4) is 0 Å². The highest BCUT2D eigenvalue weighted by Crippen LogP contribution is 2.31. The van der Waals surface area contributed by atoms with Gasteiger partial charge in [-0.2, -0.15) is 4.31 Å². The monoisotopic (exact) mass is 304 g/mol. The zero-order chi connectivity index (χ0) is 14.1. The number of nitrogens with zero attached hydrogens (tertiary/aromatic N) is 2. The lowest BCUT2D eigenvalue weighted by atomic mass is 9.99. The Morgan fingerprint density at radius 1 is 1.00 bits per heavy atom. The van der Waals surface area contributed by atoms with Crippen LogP contribution in [0.4, 0.5) is 0 Å². The lowest BCUT2D eigenvalue weighted by Gasteiger charge is -2.42. The largest absolute Gasteiger partial charge is 0.379 e. The number of hydrogen-bond donors (Lipinski definition) is 0. The fourth-order valence-electron chi connectivity index (χ4n) is 3.42. The van der Waals surface area contributed by atoms with E-state index in [0.29, 0.717) is 39.5 Å². The molecule has 3 saturated heterocycles. The Hall–Kier alpha value is -0.210. The zero-order valence-electron chi connectivity index (χ0n) is 11.9. The predicted octanol–water partition coefficient (Wildman–Crippen LogP) is -0.0967. The normalized spacial score (nSPS) is 33.2. The Morgan fingerprint density at radius 2 is 1.70 bits per heavy atom. The summed E-state index contributed by atoms with van der Waals surface area (Å²) in [5, 5.41) is 0. The van der Waals surface area contributed by atoms with Crippen molar-refractivity contribution in [3.63, 3.8) is 0 Å². The molecule has 20 heavy (non-hydrogen) atoms. The minimum absolute atomic E-state index is 0.217. The average molecular weight is 304 g/mol. The van der Waals surface area contributed by atoms with Crippen molar-refractivity contribution >= 4 is 10.0 Å². The number of rotatable bonds is 4. The molecule has 0 aliphatic carbocycles. The highest BCUT2D eigenvalue weighted by Gasteiger charge is 2.48. The molecule has 0 radical (unpaired) electrons. The molecule has 0 amide bonds. The summed E-state index contributed by atoms with van der Waals surface area (Å²) in [5.74, 6) is 0.217. The van der Waals surface area contributed by atoms with Gasteiger partial charge in [-0.05, 0) is 32.4 Å². The van der Waals surface area contributed by atoms with E-state index in [4.69, 9.17) is 9.47 Å². The quantitative estimate of drug-likeness (QED) is 0.726. The summed E-state index contributed by atoms with van der Waals surface area (Å²) in [4.78, 5) is 2.25. The fourth-order valence-corrected chi connectivity index (χ4v) is 5.27. The molecule has 116 valence electrons. The van der Waals surface area contributed by atoms with Crippen LogP contribution in [0, 0.1) is 0 Å². The van der Waals surface area contributed by atoms with Crippen LogP contribution in [0.5, 0.6) is 0 Å². The third-order valence-electron chi connectivity index (χ3n) is 4.62. The lowest BCUT2D eigenvalue weighted by Crippen LogP contribution is -2.60. The van der Waals surface area contributed by atoms with E-state index in [0.717, 1.165) is 19.5 Å². The first kappa shape index (κ1) is 14.7. The summed E-state index contributed by atoms with van der Waals surface area (Å²) >= 11 is 0. The molecule has 3 aliphatic heterocycles. The van der Waals surface area contributed by atoms with Crippen LogP contribution in [0.25, 0.3) is 0 Å².